The van der Waals surface area contributed by atoms with Crippen LogP contribution in [-0.2, 0) is 21.1 Å². The number of barbiturate groups is 1. The van der Waals surface area contributed by atoms with Gasteiger partial charge in [-0.3, -0.25) is 20.2 Å². The molecule has 0 aliphatic carbocycles. The number of hydrogen-bond donors (Lipinski definition) is 2. The second-order valence-corrected chi connectivity index (χ2v) is 11.6. The Bertz CT molecular complexity index is 1350. The highest BCUT2D eigenvalue weighted by molar-refractivity contribution is 8.21. The highest BCUT2D eigenvalue weighted by Gasteiger charge is 2.32. The number of benzene rings is 2. The monoisotopic (exact) mass is 552 g/mol. The molecule has 0 radical (unpaired) electrons. The summed E-state index contributed by atoms with van der Waals surface area (Å²) in [5, 5.41) is 24.4. The Labute approximate surface area is 221 Å². The largest absolute Gasteiger partial charge is 0.328 e. The Hall–Kier alpha value is -3.39. The Morgan fingerprint density at radius 2 is 1.11 bits per heavy atom. The second kappa shape index (κ2) is 11.1. The molecule has 5 rings (SSSR count). The van der Waals surface area contributed by atoms with Gasteiger partial charge in [0.15, 0.2) is 0 Å². The number of rotatable bonds is 8. The number of aromatic nitrogens is 4. The van der Waals surface area contributed by atoms with Gasteiger partial charge in [-0.25, -0.2) is 4.79 Å². The molecule has 0 saturated carbocycles. The predicted molar refractivity (Wildman–Crippen MR) is 142 cm³/mol. The summed E-state index contributed by atoms with van der Waals surface area (Å²) in [5.74, 6) is -0.668. The van der Waals surface area contributed by atoms with Crippen molar-refractivity contribution in [2.24, 2.45) is 0 Å². The van der Waals surface area contributed by atoms with Crippen molar-refractivity contribution in [2.45, 2.75) is 11.5 Å². The fourth-order valence-corrected chi connectivity index (χ4v) is 7.19. The number of nitrogens with one attached hydrogen (secondary N) is 2. The number of thioether (sulfide) groups is 2. The van der Waals surface area contributed by atoms with Gasteiger partial charge in [-0.05, 0) is 0 Å². The molecular weight excluding hydrogens is 537 g/mol. The summed E-state index contributed by atoms with van der Waals surface area (Å²) in [5.41, 5.74) is 1.83. The molecule has 2 aromatic carbocycles. The quantitative estimate of drug-likeness (QED) is 0.240. The number of carbonyl (C=O) groups excluding carboxylic acids is 3. The molecule has 1 aliphatic rings. The fraction of sp³-hybridized carbons (Fsp3) is 0.0870. The maximum atomic E-state index is 12.5. The molecule has 36 heavy (non-hydrogen) atoms. The van der Waals surface area contributed by atoms with Crippen molar-refractivity contribution < 1.29 is 14.4 Å². The summed E-state index contributed by atoms with van der Waals surface area (Å²) >= 11 is 5.47. The number of urea groups is 1. The van der Waals surface area contributed by atoms with E-state index in [0.717, 1.165) is 31.2 Å². The zero-order chi connectivity index (χ0) is 24.9. The van der Waals surface area contributed by atoms with Gasteiger partial charge in [0.05, 0.1) is 15.7 Å². The summed E-state index contributed by atoms with van der Waals surface area (Å²) < 4.78 is 0.463. The molecule has 180 valence electrons. The van der Waals surface area contributed by atoms with E-state index < -0.39 is 17.8 Å². The van der Waals surface area contributed by atoms with Crippen LogP contribution in [0.15, 0.2) is 70.5 Å². The highest BCUT2D eigenvalue weighted by atomic mass is 32.2. The standard InChI is InChI=1S/C23H16N6O3S4/c30-18-17(19(31)25-23(32)24-18)22(33-11-15-26-28-20(35-15)13-7-3-1-4-8-13)34-12-16-27-29-21(36-16)14-9-5-2-6-10-14/h1-10H,11-12H2,(H2,24,25,30,31,32). The fourth-order valence-electron chi connectivity index (χ4n) is 3.11. The van der Waals surface area contributed by atoms with Crippen LogP contribution in [0.1, 0.15) is 10.0 Å². The number of nitrogens with zero attached hydrogens (tertiary/aromatic N) is 4. The van der Waals surface area contributed by atoms with Gasteiger partial charge in [-0.15, -0.1) is 43.9 Å². The molecule has 2 aromatic heterocycles. The summed E-state index contributed by atoms with van der Waals surface area (Å²) in [6.07, 6.45) is 0. The van der Waals surface area contributed by atoms with Crippen molar-refractivity contribution in [2.75, 3.05) is 0 Å². The van der Waals surface area contributed by atoms with Crippen LogP contribution in [0.3, 0.4) is 0 Å². The number of hydrogen-bond acceptors (Lipinski definition) is 11. The van der Waals surface area contributed by atoms with Crippen LogP contribution < -0.4 is 10.6 Å². The van der Waals surface area contributed by atoms with Crippen LogP contribution in [-0.4, -0.2) is 38.2 Å². The third kappa shape index (κ3) is 5.70. The summed E-state index contributed by atoms with van der Waals surface area (Å²) in [6.45, 7) is 0. The van der Waals surface area contributed by atoms with Gasteiger partial charge in [0.2, 0.25) is 0 Å². The van der Waals surface area contributed by atoms with Gasteiger partial charge >= 0.3 is 6.03 Å². The van der Waals surface area contributed by atoms with E-state index in [0.29, 0.717) is 15.7 Å². The number of imide groups is 2. The van der Waals surface area contributed by atoms with Crippen LogP contribution in [0, 0.1) is 0 Å². The maximum absolute atomic E-state index is 12.5. The molecule has 9 nitrogen and oxygen atoms in total. The number of amides is 4. The second-order valence-electron chi connectivity index (χ2n) is 7.21. The molecule has 0 spiro atoms. The van der Waals surface area contributed by atoms with Crippen LogP contribution in [0.2, 0.25) is 0 Å². The SMILES string of the molecule is O=C1NC(=O)C(=C(SCc2nnc(-c3ccccc3)s2)SCc2nnc(-c3ccccc3)s2)C(=O)N1. The zero-order valence-electron chi connectivity index (χ0n) is 18.3. The predicted octanol–water partition coefficient (Wildman–Crippen LogP) is 4.47. The van der Waals surface area contributed by atoms with Gasteiger partial charge in [0, 0.05) is 11.1 Å². The minimum Gasteiger partial charge on any atom is -0.273 e. The zero-order valence-corrected chi connectivity index (χ0v) is 21.6. The maximum Gasteiger partial charge on any atom is 0.328 e. The highest BCUT2D eigenvalue weighted by Crippen LogP contribution is 2.39. The van der Waals surface area contributed by atoms with E-state index in [1.54, 1.807) is 0 Å². The summed E-state index contributed by atoms with van der Waals surface area (Å²) in [7, 11) is 0. The van der Waals surface area contributed by atoms with Crippen molar-refractivity contribution in [3.63, 3.8) is 0 Å². The molecule has 1 fully saturated rings. The van der Waals surface area contributed by atoms with Gasteiger partial charge < -0.3 is 0 Å². The van der Waals surface area contributed by atoms with Crippen molar-refractivity contribution in [3.8, 4) is 21.1 Å². The topological polar surface area (TPSA) is 127 Å². The first kappa shape index (κ1) is 24.3. The molecule has 1 aliphatic heterocycles. The molecule has 0 atom stereocenters. The van der Waals surface area contributed by atoms with E-state index in [1.165, 1.54) is 46.2 Å². The minimum atomic E-state index is -0.837. The Kier molecular flexibility index (Phi) is 7.51. The van der Waals surface area contributed by atoms with E-state index in [9.17, 15) is 14.4 Å². The van der Waals surface area contributed by atoms with Gasteiger partial charge in [0.25, 0.3) is 11.8 Å². The van der Waals surface area contributed by atoms with Crippen molar-refractivity contribution in [1.29, 1.82) is 0 Å². The Balaban J connectivity index is 1.34. The number of carbonyl (C=O) groups is 3. The molecule has 4 aromatic rings. The van der Waals surface area contributed by atoms with E-state index >= 15 is 0 Å². The lowest BCUT2D eigenvalue weighted by molar-refractivity contribution is -0.124. The van der Waals surface area contributed by atoms with Crippen molar-refractivity contribution in [1.82, 2.24) is 31.0 Å². The average Bonchev–Trinajstić information content (AvgIpc) is 3.56. The average molecular weight is 553 g/mol. The van der Waals surface area contributed by atoms with Gasteiger partial charge in [0.1, 0.15) is 25.6 Å². The van der Waals surface area contributed by atoms with E-state index in [1.807, 2.05) is 60.7 Å². The Morgan fingerprint density at radius 3 is 1.56 bits per heavy atom. The molecular formula is C23H16N6O3S4. The first-order valence-corrected chi connectivity index (χ1v) is 14.1. The summed E-state index contributed by atoms with van der Waals surface area (Å²) in [6, 6.07) is 18.6. The molecule has 13 heteroatoms. The lowest BCUT2D eigenvalue weighted by atomic mass is 10.2. The summed E-state index contributed by atoms with van der Waals surface area (Å²) in [4.78, 5) is 36.6. The van der Waals surface area contributed by atoms with Gasteiger partial charge in [-0.2, -0.15) is 0 Å². The first-order chi connectivity index (χ1) is 17.6. The van der Waals surface area contributed by atoms with E-state index in [2.05, 4.69) is 31.0 Å². The van der Waals surface area contributed by atoms with Crippen LogP contribution >= 0.6 is 46.2 Å². The third-order valence-corrected chi connectivity index (χ3v) is 9.53. The lowest BCUT2D eigenvalue weighted by Crippen LogP contribution is -2.51. The van der Waals surface area contributed by atoms with Crippen LogP contribution in [0.25, 0.3) is 21.1 Å². The van der Waals surface area contributed by atoms with Gasteiger partial charge in [-0.1, -0.05) is 83.3 Å². The normalized spacial score (nSPS) is 13.4. The van der Waals surface area contributed by atoms with Crippen molar-refractivity contribution in [3.05, 3.63) is 80.5 Å². The minimum absolute atomic E-state index is 0.106. The van der Waals surface area contributed by atoms with Crippen molar-refractivity contribution >= 4 is 64.0 Å². The Morgan fingerprint density at radius 1 is 0.667 bits per heavy atom. The molecule has 1 saturated heterocycles. The molecule has 0 bridgehead atoms. The van der Waals surface area contributed by atoms with Crippen LogP contribution in [0.4, 0.5) is 4.79 Å². The third-order valence-electron chi connectivity index (χ3n) is 4.74. The van der Waals surface area contributed by atoms with E-state index in [4.69, 9.17) is 0 Å². The lowest BCUT2D eigenvalue weighted by Gasteiger charge is -2.17. The smallest absolute Gasteiger partial charge is 0.273 e. The first-order valence-electron chi connectivity index (χ1n) is 10.5. The molecule has 0 unspecified atom stereocenters. The van der Waals surface area contributed by atoms with E-state index in [-0.39, 0.29) is 5.57 Å². The molecule has 2 N–H and O–H groups in total. The van der Waals surface area contributed by atoms with Crippen LogP contribution in [0.5, 0.6) is 0 Å². The molecule has 4 amide bonds. The molecule has 3 heterocycles.